The smallest absolute Gasteiger partial charge is 0.326 e. The largest absolute Gasteiger partial charge is 0.480 e. The predicted octanol–water partition coefficient (Wildman–Crippen LogP) is 4.48. The quantitative estimate of drug-likeness (QED) is 0.0532. The Morgan fingerprint density at radius 2 is 0.958 bits per heavy atom. The number of hydrogen-bond donors (Lipinski definition) is 6. The molecule has 0 saturated carbocycles. The molecule has 13 heteroatoms. The Bertz CT molecular complexity index is 980. The summed E-state index contributed by atoms with van der Waals surface area (Å²) in [5, 5.41) is 17.5. The summed E-state index contributed by atoms with van der Waals surface area (Å²) in [7, 11) is -3.48. The standard InChI is InChI=1S/C35H69N5O7S/c1-3-4-5-6-7-8-9-10-11-12-13-14-19-24-32(41)38-29(22-17-15-20-26-36)33(42)39-30(25-28-48(2,46)47)34(43)40-31(35(44)45)23-18-16-21-27-37/h29-31H,3-28,36-37H2,1-2H3,(H,38,41)(H,39,42)(H,40,43)(H,44,45)/t29-,30-,31-/m0/s1. The van der Waals surface area contributed by atoms with Gasteiger partial charge in [0.25, 0.3) is 0 Å². The monoisotopic (exact) mass is 703 g/mol. The highest BCUT2D eigenvalue weighted by molar-refractivity contribution is 7.90. The molecule has 0 bridgehead atoms. The lowest BCUT2D eigenvalue weighted by molar-refractivity contribution is -0.142. The van der Waals surface area contributed by atoms with Crippen molar-refractivity contribution >= 4 is 33.5 Å². The van der Waals surface area contributed by atoms with Crippen LogP contribution in [0.2, 0.25) is 0 Å². The molecule has 0 aromatic rings. The lowest BCUT2D eigenvalue weighted by atomic mass is 10.0. The highest BCUT2D eigenvalue weighted by Crippen LogP contribution is 2.14. The molecule has 0 radical (unpaired) electrons. The summed E-state index contributed by atoms with van der Waals surface area (Å²) in [6.07, 6.45) is 21.2. The zero-order chi connectivity index (χ0) is 36.0. The Hall–Kier alpha value is -2.25. The fraction of sp³-hybridized carbons (Fsp3) is 0.886. The summed E-state index contributed by atoms with van der Waals surface area (Å²) in [4.78, 5) is 51.3. The second-order valence-corrected chi connectivity index (χ2v) is 15.5. The van der Waals surface area contributed by atoms with Crippen LogP contribution in [0.15, 0.2) is 0 Å². The molecule has 8 N–H and O–H groups in total. The Labute approximate surface area is 291 Å². The summed E-state index contributed by atoms with van der Waals surface area (Å²) in [6, 6.07) is -3.40. The van der Waals surface area contributed by atoms with Crippen molar-refractivity contribution in [3.63, 3.8) is 0 Å². The van der Waals surface area contributed by atoms with E-state index >= 15 is 0 Å². The highest BCUT2D eigenvalue weighted by Gasteiger charge is 2.30. The third kappa shape index (κ3) is 26.7. The lowest BCUT2D eigenvalue weighted by Crippen LogP contribution is -2.56. The third-order valence-electron chi connectivity index (χ3n) is 8.58. The number of hydrogen-bond acceptors (Lipinski definition) is 8. The average Bonchev–Trinajstić information content (AvgIpc) is 3.03. The third-order valence-corrected chi connectivity index (χ3v) is 9.56. The molecule has 0 aromatic heterocycles. The van der Waals surface area contributed by atoms with E-state index in [9.17, 15) is 32.7 Å². The van der Waals surface area contributed by atoms with E-state index in [4.69, 9.17) is 11.5 Å². The van der Waals surface area contributed by atoms with Crippen molar-refractivity contribution in [1.29, 1.82) is 0 Å². The topological polar surface area (TPSA) is 211 Å². The van der Waals surface area contributed by atoms with E-state index in [0.29, 0.717) is 45.2 Å². The second kappa shape index (κ2) is 29.6. The van der Waals surface area contributed by atoms with Crippen molar-refractivity contribution < 1.29 is 32.7 Å². The first-order chi connectivity index (χ1) is 22.9. The van der Waals surface area contributed by atoms with Crippen LogP contribution in [0.4, 0.5) is 0 Å². The van der Waals surface area contributed by atoms with E-state index in [1.165, 1.54) is 57.8 Å². The first-order valence-corrected chi connectivity index (χ1v) is 20.7. The Morgan fingerprint density at radius 1 is 0.562 bits per heavy atom. The van der Waals surface area contributed by atoms with Crippen LogP contribution in [0.5, 0.6) is 0 Å². The molecular formula is C35H69N5O7S. The van der Waals surface area contributed by atoms with Gasteiger partial charge in [-0.25, -0.2) is 13.2 Å². The summed E-state index contributed by atoms with van der Waals surface area (Å²) < 4.78 is 23.8. The van der Waals surface area contributed by atoms with Gasteiger partial charge in [0.2, 0.25) is 17.7 Å². The second-order valence-electron chi connectivity index (χ2n) is 13.3. The molecule has 48 heavy (non-hydrogen) atoms. The van der Waals surface area contributed by atoms with Gasteiger partial charge in [0.1, 0.15) is 28.0 Å². The number of aliphatic carboxylic acids is 1. The van der Waals surface area contributed by atoms with Crippen molar-refractivity contribution in [2.24, 2.45) is 11.5 Å². The van der Waals surface area contributed by atoms with Crippen LogP contribution in [-0.4, -0.2) is 80.4 Å². The lowest BCUT2D eigenvalue weighted by Gasteiger charge is -2.24. The van der Waals surface area contributed by atoms with Crippen molar-refractivity contribution in [1.82, 2.24) is 16.0 Å². The molecule has 3 atom stereocenters. The number of carboxylic acid groups (broad SMARTS) is 1. The molecule has 3 amide bonds. The fourth-order valence-electron chi connectivity index (χ4n) is 5.58. The summed E-state index contributed by atoms with van der Waals surface area (Å²) >= 11 is 0. The number of carboxylic acids is 1. The van der Waals surface area contributed by atoms with Gasteiger partial charge in [0, 0.05) is 12.7 Å². The van der Waals surface area contributed by atoms with E-state index in [1.807, 2.05) is 0 Å². The number of unbranched alkanes of at least 4 members (excludes halogenated alkanes) is 16. The van der Waals surface area contributed by atoms with Gasteiger partial charge in [0.05, 0.1) is 5.75 Å². The van der Waals surface area contributed by atoms with Crippen LogP contribution in [0.3, 0.4) is 0 Å². The molecule has 0 aliphatic heterocycles. The zero-order valence-corrected chi connectivity index (χ0v) is 30.9. The first-order valence-electron chi connectivity index (χ1n) is 18.7. The van der Waals surface area contributed by atoms with Gasteiger partial charge < -0.3 is 32.5 Å². The van der Waals surface area contributed by atoms with Crippen LogP contribution in [0.1, 0.15) is 155 Å². The maximum atomic E-state index is 13.4. The van der Waals surface area contributed by atoms with Gasteiger partial charge in [-0.05, 0) is 51.6 Å². The number of sulfone groups is 1. The van der Waals surface area contributed by atoms with Crippen LogP contribution < -0.4 is 27.4 Å². The molecule has 282 valence electrons. The number of nitrogens with one attached hydrogen (secondary N) is 3. The molecule has 0 spiro atoms. The minimum absolute atomic E-state index is 0.173. The van der Waals surface area contributed by atoms with Gasteiger partial charge in [-0.1, -0.05) is 110 Å². The summed E-state index contributed by atoms with van der Waals surface area (Å²) in [5.74, 6) is -3.24. The molecule has 0 rings (SSSR count). The molecular weight excluding hydrogens is 634 g/mol. The average molecular weight is 704 g/mol. The predicted molar refractivity (Wildman–Crippen MR) is 193 cm³/mol. The van der Waals surface area contributed by atoms with E-state index in [0.717, 1.165) is 44.8 Å². The molecule has 0 saturated heterocycles. The molecule has 0 unspecified atom stereocenters. The van der Waals surface area contributed by atoms with Crippen molar-refractivity contribution in [3.05, 3.63) is 0 Å². The fourth-order valence-corrected chi connectivity index (χ4v) is 6.24. The number of amides is 3. The van der Waals surface area contributed by atoms with Gasteiger partial charge in [-0.2, -0.15) is 0 Å². The van der Waals surface area contributed by atoms with Gasteiger partial charge in [0.15, 0.2) is 0 Å². The summed E-state index contributed by atoms with van der Waals surface area (Å²) in [5.41, 5.74) is 11.1. The van der Waals surface area contributed by atoms with E-state index in [1.54, 1.807) is 0 Å². The zero-order valence-electron chi connectivity index (χ0n) is 30.1. The molecule has 0 aliphatic rings. The van der Waals surface area contributed by atoms with Gasteiger partial charge >= 0.3 is 5.97 Å². The van der Waals surface area contributed by atoms with Crippen molar-refractivity contribution in [2.45, 2.75) is 173 Å². The van der Waals surface area contributed by atoms with E-state index in [2.05, 4.69) is 22.9 Å². The minimum Gasteiger partial charge on any atom is -0.480 e. The SMILES string of the molecule is CCCCCCCCCCCCCCCC(=O)N[C@@H](CCCCCN)C(=O)N[C@@H](CCS(C)(=O)=O)C(=O)N[C@@H](CCCCCN)C(=O)O. The number of rotatable bonds is 33. The van der Waals surface area contributed by atoms with Gasteiger partial charge in [-0.3, -0.25) is 14.4 Å². The Balaban J connectivity index is 5.07. The van der Waals surface area contributed by atoms with Crippen LogP contribution in [-0.2, 0) is 29.0 Å². The number of nitrogens with two attached hydrogens (primary N) is 2. The maximum absolute atomic E-state index is 13.4. The summed E-state index contributed by atoms with van der Waals surface area (Å²) in [6.45, 7) is 3.22. The normalized spacial score (nSPS) is 13.4. The molecule has 0 aliphatic carbocycles. The minimum atomic E-state index is -3.48. The van der Waals surface area contributed by atoms with E-state index < -0.39 is 45.7 Å². The van der Waals surface area contributed by atoms with Crippen LogP contribution >= 0.6 is 0 Å². The van der Waals surface area contributed by atoms with Crippen LogP contribution in [0.25, 0.3) is 0 Å². The number of carbonyl (C=O) groups excluding carboxylic acids is 3. The van der Waals surface area contributed by atoms with Crippen molar-refractivity contribution in [2.75, 3.05) is 25.1 Å². The maximum Gasteiger partial charge on any atom is 0.326 e. The Morgan fingerprint density at radius 3 is 1.40 bits per heavy atom. The Kier molecular flexibility index (Phi) is 28.3. The highest BCUT2D eigenvalue weighted by atomic mass is 32.2. The van der Waals surface area contributed by atoms with Crippen molar-refractivity contribution in [3.8, 4) is 0 Å². The molecule has 12 nitrogen and oxygen atoms in total. The molecule has 0 fully saturated rings. The number of carbonyl (C=O) groups is 4. The molecule has 0 aromatic carbocycles. The van der Waals surface area contributed by atoms with E-state index in [-0.39, 0.29) is 30.9 Å². The first kappa shape index (κ1) is 45.8. The van der Waals surface area contributed by atoms with Crippen LogP contribution in [0, 0.1) is 0 Å². The van der Waals surface area contributed by atoms with Gasteiger partial charge in [-0.15, -0.1) is 0 Å². The molecule has 0 heterocycles.